The van der Waals surface area contributed by atoms with E-state index in [4.69, 9.17) is 0 Å². The van der Waals surface area contributed by atoms with Crippen LogP contribution >= 0.6 is 0 Å². The van der Waals surface area contributed by atoms with Crippen molar-refractivity contribution in [1.29, 1.82) is 0 Å². The van der Waals surface area contributed by atoms with Gasteiger partial charge in [-0.15, -0.1) is 0 Å². The molecule has 5 rings (SSSR count). The average molecular weight is 355 g/mol. The highest BCUT2D eigenvalue weighted by molar-refractivity contribution is 6.50. The van der Waals surface area contributed by atoms with Gasteiger partial charge >= 0.3 is 0 Å². The van der Waals surface area contributed by atoms with Crippen LogP contribution < -0.4 is 5.32 Å². The second-order valence-electron chi connectivity index (χ2n) is 6.63. The van der Waals surface area contributed by atoms with Gasteiger partial charge in [-0.1, -0.05) is 36.4 Å². The van der Waals surface area contributed by atoms with Gasteiger partial charge in [0.2, 0.25) is 0 Å². The maximum Gasteiger partial charge on any atom is 0.259 e. The Balaban J connectivity index is 1.87. The number of H-pyrrole nitrogens is 1. The van der Waals surface area contributed by atoms with Crippen molar-refractivity contribution in [2.75, 3.05) is 0 Å². The quantitative estimate of drug-likeness (QED) is 0.550. The van der Waals surface area contributed by atoms with Crippen molar-refractivity contribution in [3.63, 3.8) is 0 Å². The Morgan fingerprint density at radius 3 is 2.48 bits per heavy atom. The van der Waals surface area contributed by atoms with Crippen LogP contribution in [0.3, 0.4) is 0 Å². The third kappa shape index (κ3) is 2.18. The third-order valence-electron chi connectivity index (χ3n) is 5.19. The molecule has 0 atom stereocenters. The maximum absolute atomic E-state index is 12.8. The molecule has 0 saturated heterocycles. The number of hydrogen-bond donors (Lipinski definition) is 2. The predicted molar refractivity (Wildman–Crippen MR) is 106 cm³/mol. The first-order chi connectivity index (χ1) is 13.2. The van der Waals surface area contributed by atoms with Gasteiger partial charge in [-0.05, 0) is 19.1 Å². The van der Waals surface area contributed by atoms with Crippen LogP contribution in [-0.2, 0) is 16.1 Å². The molecule has 0 aliphatic carbocycles. The largest absolute Gasteiger partial charge is 0.361 e. The van der Waals surface area contributed by atoms with E-state index in [0.29, 0.717) is 11.1 Å². The lowest BCUT2D eigenvalue weighted by Gasteiger charge is -2.09. The number of carbonyl (C=O) groups excluding carboxylic acids is 2. The number of aromatic nitrogens is 2. The number of fused-ring (bicyclic) bond motifs is 2. The lowest BCUT2D eigenvalue weighted by molar-refractivity contribution is -0.122. The summed E-state index contributed by atoms with van der Waals surface area (Å²) in [5.41, 5.74) is 4.29. The van der Waals surface area contributed by atoms with E-state index in [-0.39, 0.29) is 11.8 Å². The molecule has 1 aliphatic rings. The van der Waals surface area contributed by atoms with Crippen molar-refractivity contribution in [3.8, 4) is 0 Å². The first-order valence-corrected chi connectivity index (χ1v) is 8.93. The molecule has 3 heterocycles. The normalized spacial score (nSPS) is 14.6. The fraction of sp³-hybridized carbons (Fsp3) is 0.0909. The summed E-state index contributed by atoms with van der Waals surface area (Å²) in [4.78, 5) is 28.7. The SMILES string of the molecule is CCn1ccc2cccc(C3=C(c4c[nH]c5ccccc45)C(=O)NC3=O)c21. The molecular weight excluding hydrogens is 338 g/mol. The van der Waals surface area contributed by atoms with E-state index < -0.39 is 0 Å². The zero-order valence-corrected chi connectivity index (χ0v) is 14.7. The van der Waals surface area contributed by atoms with Gasteiger partial charge in [0.05, 0.1) is 16.7 Å². The van der Waals surface area contributed by atoms with Gasteiger partial charge in [-0.2, -0.15) is 0 Å². The minimum Gasteiger partial charge on any atom is -0.361 e. The predicted octanol–water partition coefficient (Wildman–Crippen LogP) is 3.71. The monoisotopic (exact) mass is 355 g/mol. The number of rotatable bonds is 3. The molecule has 2 aromatic heterocycles. The van der Waals surface area contributed by atoms with Gasteiger partial charge in [-0.3, -0.25) is 14.9 Å². The Morgan fingerprint density at radius 1 is 0.889 bits per heavy atom. The number of para-hydroxylation sites is 2. The van der Waals surface area contributed by atoms with Gasteiger partial charge in [0.1, 0.15) is 0 Å². The zero-order valence-electron chi connectivity index (χ0n) is 14.7. The Bertz CT molecular complexity index is 1270. The Labute approximate surface area is 155 Å². The Morgan fingerprint density at radius 2 is 1.67 bits per heavy atom. The summed E-state index contributed by atoms with van der Waals surface area (Å²) in [5, 5.41) is 4.46. The molecule has 2 N–H and O–H groups in total. The van der Waals surface area contributed by atoms with E-state index in [1.807, 2.05) is 54.7 Å². The summed E-state index contributed by atoms with van der Waals surface area (Å²) in [5.74, 6) is -0.706. The number of benzene rings is 2. The molecule has 0 fully saturated rings. The second-order valence-corrected chi connectivity index (χ2v) is 6.63. The lowest BCUT2D eigenvalue weighted by Crippen LogP contribution is -2.22. The molecule has 0 saturated carbocycles. The number of amides is 2. The molecular formula is C22H17N3O2. The summed E-state index contributed by atoms with van der Waals surface area (Å²) in [6.07, 6.45) is 3.81. The molecule has 2 amide bonds. The summed E-state index contributed by atoms with van der Waals surface area (Å²) in [6.45, 7) is 2.84. The number of hydrogen-bond acceptors (Lipinski definition) is 2. The topological polar surface area (TPSA) is 66.9 Å². The molecule has 27 heavy (non-hydrogen) atoms. The van der Waals surface area contributed by atoms with Gasteiger partial charge in [0, 0.05) is 46.4 Å². The zero-order chi connectivity index (χ0) is 18.5. The van der Waals surface area contributed by atoms with Gasteiger partial charge in [0.15, 0.2) is 0 Å². The van der Waals surface area contributed by atoms with Crippen LogP contribution in [-0.4, -0.2) is 21.4 Å². The second kappa shape index (κ2) is 5.71. The van der Waals surface area contributed by atoms with Crippen molar-refractivity contribution < 1.29 is 9.59 Å². The fourth-order valence-electron chi connectivity index (χ4n) is 3.97. The van der Waals surface area contributed by atoms with E-state index in [0.717, 1.165) is 39.5 Å². The van der Waals surface area contributed by atoms with Crippen LogP contribution in [0, 0.1) is 0 Å². The summed E-state index contributed by atoms with van der Waals surface area (Å²) in [7, 11) is 0. The number of nitrogens with one attached hydrogen (secondary N) is 2. The van der Waals surface area contributed by atoms with Crippen LogP contribution in [0.2, 0.25) is 0 Å². The van der Waals surface area contributed by atoms with Gasteiger partial charge in [0.25, 0.3) is 11.8 Å². The van der Waals surface area contributed by atoms with E-state index >= 15 is 0 Å². The van der Waals surface area contributed by atoms with Crippen LogP contribution in [0.25, 0.3) is 33.0 Å². The molecule has 2 aromatic carbocycles. The minimum atomic E-state index is -0.355. The highest BCUT2D eigenvalue weighted by Gasteiger charge is 2.34. The molecule has 5 heteroatoms. The number of imide groups is 1. The molecule has 4 aromatic rings. The molecule has 132 valence electrons. The van der Waals surface area contributed by atoms with E-state index in [9.17, 15) is 9.59 Å². The standard InChI is InChI=1S/C22H17N3O2/c1-2-25-11-10-13-6-5-8-15(20(13)25)18-19(22(27)24-21(18)26)16-12-23-17-9-4-3-7-14(16)17/h3-12,23H,2H2,1H3,(H,24,26,27). The third-order valence-corrected chi connectivity index (χ3v) is 5.19. The molecule has 5 nitrogen and oxygen atoms in total. The first kappa shape index (κ1) is 15.6. The minimum absolute atomic E-state index is 0.350. The molecule has 1 aliphatic heterocycles. The Hall–Kier alpha value is -3.60. The van der Waals surface area contributed by atoms with Crippen molar-refractivity contribution >= 4 is 44.8 Å². The average Bonchev–Trinajstić information content (AvgIpc) is 3.36. The molecule has 0 bridgehead atoms. The molecule has 0 radical (unpaired) electrons. The Kier molecular flexibility index (Phi) is 3.31. The highest BCUT2D eigenvalue weighted by Crippen LogP contribution is 2.37. The maximum atomic E-state index is 12.8. The lowest BCUT2D eigenvalue weighted by atomic mass is 9.94. The van der Waals surface area contributed by atoms with E-state index in [2.05, 4.69) is 21.8 Å². The molecule has 0 unspecified atom stereocenters. The van der Waals surface area contributed by atoms with Crippen molar-refractivity contribution in [1.82, 2.24) is 14.9 Å². The number of aromatic amines is 1. The summed E-state index contributed by atoms with van der Waals surface area (Å²) < 4.78 is 2.10. The van der Waals surface area contributed by atoms with Crippen molar-refractivity contribution in [3.05, 3.63) is 72.1 Å². The van der Waals surface area contributed by atoms with Crippen LogP contribution in [0.4, 0.5) is 0 Å². The smallest absolute Gasteiger partial charge is 0.259 e. The van der Waals surface area contributed by atoms with Crippen LogP contribution in [0.1, 0.15) is 18.1 Å². The van der Waals surface area contributed by atoms with Crippen LogP contribution in [0.5, 0.6) is 0 Å². The summed E-state index contributed by atoms with van der Waals surface area (Å²) >= 11 is 0. The van der Waals surface area contributed by atoms with Gasteiger partial charge < -0.3 is 9.55 Å². The number of nitrogens with zero attached hydrogens (tertiary/aromatic N) is 1. The number of carbonyl (C=O) groups is 2. The van der Waals surface area contributed by atoms with Crippen molar-refractivity contribution in [2.45, 2.75) is 13.5 Å². The van der Waals surface area contributed by atoms with Crippen molar-refractivity contribution in [2.24, 2.45) is 0 Å². The summed E-state index contributed by atoms with van der Waals surface area (Å²) in [6, 6.07) is 15.7. The molecule has 0 spiro atoms. The number of aryl methyl sites for hydroxylation is 1. The van der Waals surface area contributed by atoms with Crippen LogP contribution in [0.15, 0.2) is 60.9 Å². The fourth-order valence-corrected chi connectivity index (χ4v) is 3.97. The van der Waals surface area contributed by atoms with E-state index in [1.54, 1.807) is 6.20 Å². The first-order valence-electron chi connectivity index (χ1n) is 8.93. The van der Waals surface area contributed by atoms with Gasteiger partial charge in [-0.25, -0.2) is 0 Å². The highest BCUT2D eigenvalue weighted by atomic mass is 16.2. The van der Waals surface area contributed by atoms with E-state index in [1.165, 1.54) is 0 Å².